The minimum atomic E-state index is -1.37. The Morgan fingerprint density at radius 2 is 1.91 bits per heavy atom. The van der Waals surface area contributed by atoms with Crippen molar-refractivity contribution in [2.75, 3.05) is 0 Å². The van der Waals surface area contributed by atoms with Crippen LogP contribution in [0.5, 0.6) is 0 Å². The third kappa shape index (κ3) is 4.19. The molecule has 0 fully saturated rings. The van der Waals surface area contributed by atoms with E-state index in [-0.39, 0.29) is 5.75 Å². The van der Waals surface area contributed by atoms with Crippen LogP contribution in [0.2, 0.25) is 0 Å². The molecule has 7 heteroatoms. The minimum Gasteiger partial charge on any atom is -0.424 e. The molecule has 22 heavy (non-hydrogen) atoms. The van der Waals surface area contributed by atoms with E-state index in [0.717, 1.165) is 12.1 Å². The quantitative estimate of drug-likeness (QED) is 0.813. The second kappa shape index (κ2) is 7.09. The molecule has 0 saturated heterocycles. The van der Waals surface area contributed by atoms with Gasteiger partial charge in [0.2, 0.25) is 11.8 Å². The average molecular weight is 328 g/mol. The highest BCUT2D eigenvalue weighted by molar-refractivity contribution is 7.84. The van der Waals surface area contributed by atoms with Gasteiger partial charge in [0.1, 0.15) is 5.25 Å². The topological polar surface area (TPSA) is 56.0 Å². The van der Waals surface area contributed by atoms with Crippen molar-refractivity contribution in [1.29, 1.82) is 0 Å². The molecule has 0 radical (unpaired) electrons. The molecule has 2 aromatic rings. The first-order chi connectivity index (χ1) is 10.4. The Morgan fingerprint density at radius 1 is 1.18 bits per heavy atom. The molecule has 0 N–H and O–H groups in total. The van der Waals surface area contributed by atoms with Crippen LogP contribution in [0.4, 0.5) is 8.78 Å². The summed E-state index contributed by atoms with van der Waals surface area (Å²) < 4.78 is 43.9. The van der Waals surface area contributed by atoms with Gasteiger partial charge >= 0.3 is 0 Å². The summed E-state index contributed by atoms with van der Waals surface area (Å²) in [5.41, 5.74) is 0.464. The van der Waals surface area contributed by atoms with E-state index in [9.17, 15) is 13.0 Å². The molecule has 0 aliphatic heterocycles. The normalized spacial score (nSPS) is 14.3. The summed E-state index contributed by atoms with van der Waals surface area (Å²) in [6.45, 7) is 5.78. The van der Waals surface area contributed by atoms with Gasteiger partial charge in [-0.3, -0.25) is 4.21 Å². The molecule has 0 aliphatic rings. The Bertz CT molecular complexity index is 673. The van der Waals surface area contributed by atoms with Crippen LogP contribution in [0.1, 0.15) is 43.4 Å². The highest BCUT2D eigenvalue weighted by atomic mass is 32.2. The Morgan fingerprint density at radius 3 is 2.55 bits per heavy atom. The molecule has 0 saturated carbocycles. The van der Waals surface area contributed by atoms with Crippen LogP contribution in [0.25, 0.3) is 0 Å². The molecular weight excluding hydrogens is 310 g/mol. The molecule has 2 rings (SSSR count). The van der Waals surface area contributed by atoms with Gasteiger partial charge in [0, 0.05) is 23.0 Å². The zero-order valence-corrected chi connectivity index (χ0v) is 13.5. The predicted octanol–water partition coefficient (Wildman–Crippen LogP) is 3.56. The maximum Gasteiger partial charge on any atom is 0.231 e. The molecule has 1 heterocycles. The lowest BCUT2D eigenvalue weighted by molar-refractivity contribution is 0.425. The van der Waals surface area contributed by atoms with Crippen molar-refractivity contribution >= 4 is 10.8 Å². The largest absolute Gasteiger partial charge is 0.424 e. The lowest BCUT2D eigenvalue weighted by atomic mass is 10.1. The highest BCUT2D eigenvalue weighted by Crippen LogP contribution is 2.22. The third-order valence-electron chi connectivity index (χ3n) is 3.10. The van der Waals surface area contributed by atoms with E-state index in [2.05, 4.69) is 10.2 Å². The molecule has 4 nitrogen and oxygen atoms in total. The van der Waals surface area contributed by atoms with E-state index in [4.69, 9.17) is 4.42 Å². The molecular formula is C15H18F2N2O2S. The predicted molar refractivity (Wildman–Crippen MR) is 79.5 cm³/mol. The van der Waals surface area contributed by atoms with Crippen molar-refractivity contribution in [3.8, 4) is 0 Å². The van der Waals surface area contributed by atoms with Crippen molar-refractivity contribution < 1.29 is 17.4 Å². The highest BCUT2D eigenvalue weighted by Gasteiger charge is 2.21. The fourth-order valence-corrected chi connectivity index (χ4v) is 2.97. The summed E-state index contributed by atoms with van der Waals surface area (Å²) in [5, 5.41) is 7.38. The summed E-state index contributed by atoms with van der Waals surface area (Å²) >= 11 is 0. The van der Waals surface area contributed by atoms with E-state index in [0.29, 0.717) is 29.7 Å². The molecule has 2 atom stereocenters. The summed E-state index contributed by atoms with van der Waals surface area (Å²) in [6, 6.07) is 3.50. The molecule has 1 aromatic heterocycles. The van der Waals surface area contributed by atoms with E-state index < -0.39 is 27.7 Å². The molecule has 0 amide bonds. The summed E-state index contributed by atoms with van der Waals surface area (Å²) in [5.74, 6) is -0.563. The second-order valence-corrected chi connectivity index (χ2v) is 7.31. The van der Waals surface area contributed by atoms with E-state index in [1.54, 1.807) is 6.92 Å². The maximum atomic E-state index is 13.2. The fraction of sp³-hybridized carbons (Fsp3) is 0.467. The summed E-state index contributed by atoms with van der Waals surface area (Å²) in [6.07, 6.45) is 0.662. The van der Waals surface area contributed by atoms with Crippen molar-refractivity contribution in [1.82, 2.24) is 10.2 Å². The van der Waals surface area contributed by atoms with Crippen LogP contribution in [0.3, 0.4) is 0 Å². The van der Waals surface area contributed by atoms with Crippen molar-refractivity contribution in [2.24, 2.45) is 5.92 Å². The molecule has 0 aliphatic carbocycles. The van der Waals surface area contributed by atoms with E-state index in [1.165, 1.54) is 6.07 Å². The van der Waals surface area contributed by atoms with Gasteiger partial charge in [0.05, 0.1) is 0 Å². The number of hydrogen-bond donors (Lipinski definition) is 0. The number of hydrogen-bond acceptors (Lipinski definition) is 4. The lowest BCUT2D eigenvalue weighted by Gasteiger charge is -2.07. The van der Waals surface area contributed by atoms with Crippen LogP contribution in [-0.2, 0) is 23.0 Å². The van der Waals surface area contributed by atoms with E-state index >= 15 is 0 Å². The summed E-state index contributed by atoms with van der Waals surface area (Å²) in [7, 11) is -1.37. The number of nitrogens with zero attached hydrogens (tertiary/aromatic N) is 2. The molecule has 1 aromatic carbocycles. The van der Waals surface area contributed by atoms with Crippen LogP contribution < -0.4 is 0 Å². The number of halogens is 2. The average Bonchev–Trinajstić information content (AvgIpc) is 2.89. The van der Waals surface area contributed by atoms with Gasteiger partial charge in [-0.1, -0.05) is 19.9 Å². The summed E-state index contributed by atoms with van der Waals surface area (Å²) in [4.78, 5) is 0. The Labute approximate surface area is 130 Å². The van der Waals surface area contributed by atoms with Gasteiger partial charge in [0.25, 0.3) is 0 Å². The zero-order valence-electron chi connectivity index (χ0n) is 12.7. The van der Waals surface area contributed by atoms with Gasteiger partial charge in [-0.05, 0) is 30.5 Å². The van der Waals surface area contributed by atoms with Crippen molar-refractivity contribution in [3.05, 3.63) is 47.2 Å². The van der Waals surface area contributed by atoms with Gasteiger partial charge in [-0.25, -0.2) is 8.78 Å². The van der Waals surface area contributed by atoms with Gasteiger partial charge in [-0.2, -0.15) is 0 Å². The van der Waals surface area contributed by atoms with Crippen molar-refractivity contribution in [2.45, 2.75) is 38.2 Å². The maximum absolute atomic E-state index is 13.2. The third-order valence-corrected chi connectivity index (χ3v) is 4.71. The zero-order chi connectivity index (χ0) is 16.3. The Hall–Kier alpha value is -1.63. The SMILES string of the molecule is CC(C)Cc1nnc([C@@H](C)[S@@](=O)Cc2ccc(F)c(F)c2)o1. The molecule has 120 valence electrons. The molecule has 0 spiro atoms. The second-order valence-electron chi connectivity index (χ2n) is 5.55. The van der Waals surface area contributed by atoms with E-state index in [1.807, 2.05) is 13.8 Å². The van der Waals surface area contributed by atoms with Gasteiger partial charge < -0.3 is 4.42 Å². The van der Waals surface area contributed by atoms with Crippen LogP contribution in [0.15, 0.2) is 22.6 Å². The van der Waals surface area contributed by atoms with Crippen LogP contribution in [0, 0.1) is 17.6 Å². The van der Waals surface area contributed by atoms with Crippen molar-refractivity contribution in [3.63, 3.8) is 0 Å². The number of benzene rings is 1. The lowest BCUT2D eigenvalue weighted by Crippen LogP contribution is -2.06. The first-order valence-corrected chi connectivity index (χ1v) is 8.38. The first-order valence-electron chi connectivity index (χ1n) is 7.00. The minimum absolute atomic E-state index is 0.0975. The monoisotopic (exact) mass is 328 g/mol. The molecule has 0 unspecified atom stereocenters. The number of rotatable bonds is 6. The smallest absolute Gasteiger partial charge is 0.231 e. The van der Waals surface area contributed by atoms with Crippen LogP contribution >= 0.6 is 0 Å². The molecule has 0 bridgehead atoms. The van der Waals surface area contributed by atoms with Gasteiger partial charge in [-0.15, -0.1) is 10.2 Å². The fourth-order valence-electron chi connectivity index (χ4n) is 1.89. The Kier molecular flexibility index (Phi) is 5.39. The number of aromatic nitrogens is 2. The first kappa shape index (κ1) is 16.7. The standard InChI is InChI=1S/C15H18F2N2O2S/c1-9(2)6-14-18-19-15(21-14)10(3)22(20)8-11-4-5-12(16)13(17)7-11/h4-5,7,9-10H,6,8H2,1-3H3/t10-,22+/m1/s1. The Balaban J connectivity index is 2.05. The van der Waals surface area contributed by atoms with Crippen LogP contribution in [-0.4, -0.2) is 14.4 Å². The van der Waals surface area contributed by atoms with Gasteiger partial charge in [0.15, 0.2) is 11.6 Å².